The van der Waals surface area contributed by atoms with Crippen LogP contribution in [0.4, 0.5) is 5.69 Å². The van der Waals surface area contributed by atoms with E-state index < -0.39 is 0 Å². The van der Waals surface area contributed by atoms with E-state index in [1.165, 1.54) is 0 Å². The van der Waals surface area contributed by atoms with E-state index in [0.717, 1.165) is 18.2 Å². The van der Waals surface area contributed by atoms with Crippen molar-refractivity contribution in [1.82, 2.24) is 10.6 Å². The summed E-state index contributed by atoms with van der Waals surface area (Å²) in [7, 11) is 1.80. The molecule has 0 aliphatic heterocycles. The van der Waals surface area contributed by atoms with Gasteiger partial charge in [0.25, 0.3) is 0 Å². The molecule has 0 amide bonds. The quantitative estimate of drug-likeness (QED) is 0.577. The van der Waals surface area contributed by atoms with Gasteiger partial charge >= 0.3 is 0 Å². The average molecular weight is 290 g/mol. The van der Waals surface area contributed by atoms with Crippen molar-refractivity contribution < 1.29 is 0 Å². The minimum Gasteiger partial charge on any atom is -0.380 e. The lowest BCUT2D eigenvalue weighted by atomic mass is 10.0. The first-order valence-electron chi connectivity index (χ1n) is 7.62. The number of aliphatic imine (C=N–C) groups is 1. The maximum absolute atomic E-state index is 4.28. The normalized spacial score (nSPS) is 14.0. The third-order valence-corrected chi connectivity index (χ3v) is 3.14. The van der Waals surface area contributed by atoms with Crippen LogP contribution in [0.25, 0.3) is 0 Å². The van der Waals surface area contributed by atoms with Crippen LogP contribution < -0.4 is 16.0 Å². The third-order valence-electron chi connectivity index (χ3n) is 3.14. The average Bonchev–Trinajstić information content (AvgIpc) is 2.41. The molecule has 4 nitrogen and oxygen atoms in total. The van der Waals surface area contributed by atoms with Crippen molar-refractivity contribution >= 4 is 11.6 Å². The molecule has 0 aromatic heterocycles. The SMILES string of the molecule is CN=C(NCC(Nc1ccccc1)C(C)C)NC(C)(C)C. The molecule has 1 unspecified atom stereocenters. The van der Waals surface area contributed by atoms with Gasteiger partial charge in [-0.3, -0.25) is 4.99 Å². The van der Waals surface area contributed by atoms with Gasteiger partial charge in [0.05, 0.1) is 0 Å². The van der Waals surface area contributed by atoms with E-state index in [-0.39, 0.29) is 5.54 Å². The Balaban J connectivity index is 2.59. The molecule has 0 radical (unpaired) electrons. The highest BCUT2D eigenvalue weighted by Crippen LogP contribution is 2.11. The molecule has 0 bridgehead atoms. The van der Waals surface area contributed by atoms with Crippen molar-refractivity contribution in [3.63, 3.8) is 0 Å². The molecular weight excluding hydrogens is 260 g/mol. The first-order valence-corrected chi connectivity index (χ1v) is 7.62. The van der Waals surface area contributed by atoms with E-state index >= 15 is 0 Å². The van der Waals surface area contributed by atoms with Gasteiger partial charge in [-0.25, -0.2) is 0 Å². The summed E-state index contributed by atoms with van der Waals surface area (Å²) in [5.41, 5.74) is 1.15. The van der Waals surface area contributed by atoms with Crippen LogP contribution >= 0.6 is 0 Å². The van der Waals surface area contributed by atoms with Gasteiger partial charge in [-0.2, -0.15) is 0 Å². The number of hydrogen-bond acceptors (Lipinski definition) is 2. The van der Waals surface area contributed by atoms with Gasteiger partial charge in [0.2, 0.25) is 0 Å². The monoisotopic (exact) mass is 290 g/mol. The summed E-state index contributed by atoms with van der Waals surface area (Å²) in [6.45, 7) is 11.7. The highest BCUT2D eigenvalue weighted by atomic mass is 15.2. The Kier molecular flexibility index (Phi) is 6.53. The number of nitrogens with one attached hydrogen (secondary N) is 3. The van der Waals surface area contributed by atoms with Crippen molar-refractivity contribution in [3.8, 4) is 0 Å². The Morgan fingerprint density at radius 2 is 1.76 bits per heavy atom. The van der Waals surface area contributed by atoms with Crippen LogP contribution in [0.3, 0.4) is 0 Å². The maximum atomic E-state index is 4.28. The van der Waals surface area contributed by atoms with Crippen LogP contribution in [0.15, 0.2) is 35.3 Å². The molecule has 1 aromatic rings. The van der Waals surface area contributed by atoms with Crippen molar-refractivity contribution in [3.05, 3.63) is 30.3 Å². The summed E-state index contributed by atoms with van der Waals surface area (Å²) in [4.78, 5) is 4.28. The first-order chi connectivity index (χ1) is 9.81. The molecule has 1 rings (SSSR count). The molecule has 0 saturated heterocycles. The fourth-order valence-corrected chi connectivity index (χ4v) is 1.94. The van der Waals surface area contributed by atoms with Gasteiger partial charge < -0.3 is 16.0 Å². The zero-order valence-electron chi connectivity index (χ0n) is 14.2. The molecule has 0 fully saturated rings. The molecule has 0 aliphatic carbocycles. The molecule has 0 spiro atoms. The lowest BCUT2D eigenvalue weighted by Gasteiger charge is -2.28. The third kappa shape index (κ3) is 7.02. The highest BCUT2D eigenvalue weighted by Gasteiger charge is 2.16. The standard InChI is InChI=1S/C17H30N4/c1-13(2)15(20-14-10-8-7-9-11-14)12-19-16(18-6)21-17(3,4)5/h7-11,13,15,20H,12H2,1-6H3,(H2,18,19,21). The topological polar surface area (TPSA) is 48.5 Å². The molecule has 0 aliphatic rings. The second-order valence-electron chi connectivity index (χ2n) is 6.69. The Labute approximate surface area is 129 Å². The van der Waals surface area contributed by atoms with Gasteiger partial charge in [-0.15, -0.1) is 0 Å². The number of nitrogens with zero attached hydrogens (tertiary/aromatic N) is 1. The molecule has 1 atom stereocenters. The summed E-state index contributed by atoms with van der Waals surface area (Å²) >= 11 is 0. The zero-order chi connectivity index (χ0) is 15.9. The summed E-state index contributed by atoms with van der Waals surface area (Å²) in [5, 5.41) is 10.4. The van der Waals surface area contributed by atoms with Gasteiger partial charge in [0.15, 0.2) is 5.96 Å². The second-order valence-corrected chi connectivity index (χ2v) is 6.69. The Morgan fingerprint density at radius 3 is 2.24 bits per heavy atom. The summed E-state index contributed by atoms with van der Waals surface area (Å²) in [6, 6.07) is 10.7. The minimum atomic E-state index is 0.00201. The van der Waals surface area contributed by atoms with Crippen LogP contribution in [0, 0.1) is 5.92 Å². The Morgan fingerprint density at radius 1 is 1.14 bits per heavy atom. The smallest absolute Gasteiger partial charge is 0.191 e. The highest BCUT2D eigenvalue weighted by molar-refractivity contribution is 5.80. The summed E-state index contributed by atoms with van der Waals surface area (Å²) in [6.07, 6.45) is 0. The number of para-hydroxylation sites is 1. The van der Waals surface area contributed by atoms with Crippen LogP contribution in [0.2, 0.25) is 0 Å². The molecule has 118 valence electrons. The van der Waals surface area contributed by atoms with Gasteiger partial charge in [-0.1, -0.05) is 32.0 Å². The predicted octanol–water partition coefficient (Wildman–Crippen LogP) is 3.09. The van der Waals surface area contributed by atoms with Crippen LogP contribution in [0.5, 0.6) is 0 Å². The molecular formula is C17H30N4. The van der Waals surface area contributed by atoms with E-state index in [2.05, 4.69) is 67.7 Å². The molecule has 0 heterocycles. The molecule has 0 saturated carbocycles. The van der Waals surface area contributed by atoms with Gasteiger partial charge in [0, 0.05) is 30.9 Å². The first kappa shape index (κ1) is 17.3. The maximum Gasteiger partial charge on any atom is 0.191 e. The Hall–Kier alpha value is -1.71. The van der Waals surface area contributed by atoms with Crippen molar-refractivity contribution in [2.75, 3.05) is 18.9 Å². The second kappa shape index (κ2) is 7.91. The molecule has 4 heteroatoms. The van der Waals surface area contributed by atoms with E-state index in [0.29, 0.717) is 12.0 Å². The van der Waals surface area contributed by atoms with Crippen molar-refractivity contribution in [1.29, 1.82) is 0 Å². The minimum absolute atomic E-state index is 0.00201. The van der Waals surface area contributed by atoms with Crippen LogP contribution in [-0.2, 0) is 0 Å². The lowest BCUT2D eigenvalue weighted by Crippen LogP contribution is -2.50. The van der Waals surface area contributed by atoms with Crippen LogP contribution in [0.1, 0.15) is 34.6 Å². The fraction of sp³-hybridized carbons (Fsp3) is 0.588. The van der Waals surface area contributed by atoms with E-state index in [1.54, 1.807) is 7.05 Å². The molecule has 1 aromatic carbocycles. The predicted molar refractivity (Wildman–Crippen MR) is 92.9 cm³/mol. The zero-order valence-corrected chi connectivity index (χ0v) is 14.2. The van der Waals surface area contributed by atoms with E-state index in [4.69, 9.17) is 0 Å². The lowest BCUT2D eigenvalue weighted by molar-refractivity contribution is 0.483. The summed E-state index contributed by atoms with van der Waals surface area (Å²) in [5.74, 6) is 1.36. The number of hydrogen-bond donors (Lipinski definition) is 3. The van der Waals surface area contributed by atoms with Crippen molar-refractivity contribution in [2.24, 2.45) is 10.9 Å². The Bertz CT molecular complexity index is 432. The summed E-state index contributed by atoms with van der Waals surface area (Å²) < 4.78 is 0. The van der Waals surface area contributed by atoms with Crippen molar-refractivity contribution in [2.45, 2.75) is 46.2 Å². The number of anilines is 1. The molecule has 21 heavy (non-hydrogen) atoms. The fourth-order valence-electron chi connectivity index (χ4n) is 1.94. The number of guanidine groups is 1. The largest absolute Gasteiger partial charge is 0.380 e. The van der Waals surface area contributed by atoms with E-state index in [1.807, 2.05) is 18.2 Å². The number of benzene rings is 1. The molecule has 3 N–H and O–H groups in total. The van der Waals surface area contributed by atoms with E-state index in [9.17, 15) is 0 Å². The van der Waals surface area contributed by atoms with Gasteiger partial charge in [-0.05, 0) is 38.8 Å². The number of rotatable bonds is 5. The van der Waals surface area contributed by atoms with Gasteiger partial charge in [0.1, 0.15) is 0 Å². The van der Waals surface area contributed by atoms with Crippen LogP contribution in [-0.4, -0.2) is 31.1 Å².